The number of ether oxygens (including phenoxy) is 4. The lowest BCUT2D eigenvalue weighted by atomic mass is 10.0. The van der Waals surface area contributed by atoms with Crippen LogP contribution in [0.5, 0.6) is 0 Å². The van der Waals surface area contributed by atoms with E-state index in [0.717, 1.165) is 52.3 Å². The van der Waals surface area contributed by atoms with Crippen LogP contribution in [0.25, 0.3) is 0 Å². The van der Waals surface area contributed by atoms with Crippen molar-refractivity contribution in [3.05, 3.63) is 0 Å². The summed E-state index contributed by atoms with van der Waals surface area (Å²) in [6.45, 7) is 7.42. The molecule has 1 saturated heterocycles. The molecule has 0 saturated carbocycles. The van der Waals surface area contributed by atoms with Gasteiger partial charge in [-0.3, -0.25) is 0 Å². The quantitative estimate of drug-likeness (QED) is 0.447. The molecule has 4 heteroatoms. The zero-order chi connectivity index (χ0) is 18.5. The highest BCUT2D eigenvalue weighted by molar-refractivity contribution is 4.59. The van der Waals surface area contributed by atoms with Gasteiger partial charge in [-0.25, -0.2) is 0 Å². The van der Waals surface area contributed by atoms with Crippen molar-refractivity contribution >= 4 is 0 Å². The molecule has 1 rings (SSSR count). The molecule has 1 aliphatic heterocycles. The monoisotopic (exact) mass is 372 g/mol. The van der Waals surface area contributed by atoms with Gasteiger partial charge in [0.25, 0.3) is 0 Å². The van der Waals surface area contributed by atoms with Crippen LogP contribution in [-0.4, -0.2) is 52.4 Å². The highest BCUT2D eigenvalue weighted by Crippen LogP contribution is 2.13. The first-order valence-electron chi connectivity index (χ1n) is 11.3. The molecule has 0 radical (unpaired) electrons. The summed E-state index contributed by atoms with van der Waals surface area (Å²) in [6.07, 6.45) is 17.0. The highest BCUT2D eigenvalue weighted by Gasteiger charge is 2.10. The van der Waals surface area contributed by atoms with Gasteiger partial charge in [0.1, 0.15) is 0 Å². The minimum atomic E-state index is 0.243. The van der Waals surface area contributed by atoms with Crippen molar-refractivity contribution in [2.24, 2.45) is 0 Å². The summed E-state index contributed by atoms with van der Waals surface area (Å²) < 4.78 is 22.9. The first-order chi connectivity index (χ1) is 12.9. The molecule has 0 bridgehead atoms. The van der Waals surface area contributed by atoms with Crippen molar-refractivity contribution in [3.8, 4) is 0 Å². The van der Waals surface area contributed by atoms with Gasteiger partial charge in [-0.1, -0.05) is 71.1 Å². The zero-order valence-corrected chi connectivity index (χ0v) is 17.4. The highest BCUT2D eigenvalue weighted by atomic mass is 16.5. The predicted octanol–water partition coefficient (Wildman–Crippen LogP) is 5.53. The second-order valence-electron chi connectivity index (χ2n) is 7.47. The van der Waals surface area contributed by atoms with E-state index >= 15 is 0 Å². The molecule has 0 aromatic heterocycles. The van der Waals surface area contributed by atoms with Gasteiger partial charge in [0.15, 0.2) is 0 Å². The van der Waals surface area contributed by atoms with Crippen LogP contribution in [-0.2, 0) is 18.9 Å². The van der Waals surface area contributed by atoms with Crippen molar-refractivity contribution in [2.75, 3.05) is 46.2 Å². The molecule has 1 atom stereocenters. The van der Waals surface area contributed by atoms with E-state index in [9.17, 15) is 0 Å². The summed E-state index contributed by atoms with van der Waals surface area (Å²) in [4.78, 5) is 0. The van der Waals surface area contributed by atoms with E-state index in [1.165, 1.54) is 64.2 Å². The predicted molar refractivity (Wildman–Crippen MR) is 108 cm³/mol. The Labute approximate surface area is 162 Å². The Morgan fingerprint density at radius 2 is 1.12 bits per heavy atom. The van der Waals surface area contributed by atoms with Crippen LogP contribution in [0.1, 0.15) is 90.4 Å². The maximum atomic E-state index is 6.03. The van der Waals surface area contributed by atoms with Gasteiger partial charge in [0, 0.05) is 26.4 Å². The summed E-state index contributed by atoms with van der Waals surface area (Å²) in [5.74, 6) is 0. The number of rotatable bonds is 11. The van der Waals surface area contributed by atoms with E-state index < -0.39 is 0 Å². The summed E-state index contributed by atoms with van der Waals surface area (Å²) >= 11 is 0. The Hall–Kier alpha value is -0.160. The van der Waals surface area contributed by atoms with Crippen molar-refractivity contribution in [3.63, 3.8) is 0 Å². The van der Waals surface area contributed by atoms with E-state index in [2.05, 4.69) is 6.92 Å². The number of unbranched alkanes of at least 4 members (excludes halogenated alkanes) is 9. The van der Waals surface area contributed by atoms with Crippen molar-refractivity contribution in [2.45, 2.75) is 96.5 Å². The third kappa shape index (κ3) is 16.0. The SMILES string of the molecule is CCCCCCCCCCCCC1COCCCOCCOCCCO1. The first-order valence-corrected chi connectivity index (χ1v) is 11.3. The molecule has 1 fully saturated rings. The molecular weight excluding hydrogens is 328 g/mol. The second-order valence-corrected chi connectivity index (χ2v) is 7.47. The molecule has 0 aromatic rings. The van der Waals surface area contributed by atoms with Gasteiger partial charge < -0.3 is 18.9 Å². The standard InChI is InChI=1S/C22H44O4/c1-2-3-4-5-6-7-8-9-10-11-14-22-21-25-17-12-15-23-19-20-24-16-13-18-26-22/h22H,2-21H2,1H3. The summed E-state index contributed by atoms with van der Waals surface area (Å²) in [6, 6.07) is 0. The van der Waals surface area contributed by atoms with Crippen molar-refractivity contribution in [1.29, 1.82) is 0 Å². The Kier molecular flexibility index (Phi) is 18.0. The first kappa shape index (κ1) is 23.9. The third-order valence-electron chi connectivity index (χ3n) is 4.92. The Bertz CT molecular complexity index is 259. The minimum absolute atomic E-state index is 0.243. The largest absolute Gasteiger partial charge is 0.379 e. The molecular formula is C22H44O4. The number of hydrogen-bond donors (Lipinski definition) is 0. The van der Waals surface area contributed by atoms with Gasteiger partial charge >= 0.3 is 0 Å². The number of hydrogen-bond acceptors (Lipinski definition) is 4. The zero-order valence-electron chi connectivity index (χ0n) is 17.4. The molecule has 0 spiro atoms. The molecule has 0 aliphatic carbocycles. The van der Waals surface area contributed by atoms with Gasteiger partial charge in [0.05, 0.1) is 25.9 Å². The molecule has 1 unspecified atom stereocenters. The fourth-order valence-electron chi connectivity index (χ4n) is 3.29. The summed E-state index contributed by atoms with van der Waals surface area (Å²) in [5.41, 5.74) is 0. The van der Waals surface area contributed by atoms with Crippen LogP contribution >= 0.6 is 0 Å². The maximum Gasteiger partial charge on any atom is 0.0808 e. The van der Waals surface area contributed by atoms with Crippen molar-refractivity contribution < 1.29 is 18.9 Å². The van der Waals surface area contributed by atoms with E-state index in [0.29, 0.717) is 13.2 Å². The van der Waals surface area contributed by atoms with Crippen LogP contribution in [0.15, 0.2) is 0 Å². The molecule has 26 heavy (non-hydrogen) atoms. The molecule has 0 amide bonds. The molecule has 1 heterocycles. The average molecular weight is 373 g/mol. The van der Waals surface area contributed by atoms with Gasteiger partial charge in [-0.2, -0.15) is 0 Å². The molecule has 0 N–H and O–H groups in total. The second kappa shape index (κ2) is 19.6. The summed E-state index contributed by atoms with van der Waals surface area (Å²) in [5, 5.41) is 0. The Balaban J connectivity index is 2.02. The molecule has 1 aliphatic rings. The van der Waals surface area contributed by atoms with Crippen LogP contribution in [0.4, 0.5) is 0 Å². The normalized spacial score (nSPS) is 21.3. The van der Waals surface area contributed by atoms with E-state index in [-0.39, 0.29) is 6.10 Å². The van der Waals surface area contributed by atoms with E-state index in [4.69, 9.17) is 18.9 Å². The fraction of sp³-hybridized carbons (Fsp3) is 1.00. The van der Waals surface area contributed by atoms with Gasteiger partial charge in [-0.15, -0.1) is 0 Å². The van der Waals surface area contributed by atoms with Gasteiger partial charge in [-0.05, 0) is 19.3 Å². The van der Waals surface area contributed by atoms with E-state index in [1.807, 2.05) is 0 Å². The fourth-order valence-corrected chi connectivity index (χ4v) is 3.29. The van der Waals surface area contributed by atoms with Crippen LogP contribution < -0.4 is 0 Å². The summed E-state index contributed by atoms with van der Waals surface area (Å²) in [7, 11) is 0. The molecule has 156 valence electrons. The molecule has 4 nitrogen and oxygen atoms in total. The lowest BCUT2D eigenvalue weighted by Crippen LogP contribution is -2.22. The molecule has 0 aromatic carbocycles. The average Bonchev–Trinajstić information content (AvgIpc) is 2.66. The Morgan fingerprint density at radius 3 is 1.77 bits per heavy atom. The lowest BCUT2D eigenvalue weighted by molar-refractivity contribution is -0.0399. The maximum absolute atomic E-state index is 6.03. The minimum Gasteiger partial charge on any atom is -0.379 e. The smallest absolute Gasteiger partial charge is 0.0808 e. The third-order valence-corrected chi connectivity index (χ3v) is 4.92. The topological polar surface area (TPSA) is 36.9 Å². The van der Waals surface area contributed by atoms with E-state index in [1.54, 1.807) is 0 Å². The van der Waals surface area contributed by atoms with Crippen LogP contribution in [0.3, 0.4) is 0 Å². The van der Waals surface area contributed by atoms with Gasteiger partial charge in [0.2, 0.25) is 0 Å². The van der Waals surface area contributed by atoms with Crippen molar-refractivity contribution in [1.82, 2.24) is 0 Å². The van der Waals surface area contributed by atoms with Crippen LogP contribution in [0, 0.1) is 0 Å². The lowest BCUT2D eigenvalue weighted by Gasteiger charge is -2.19. The Morgan fingerprint density at radius 1 is 0.577 bits per heavy atom. The van der Waals surface area contributed by atoms with Crippen LogP contribution in [0.2, 0.25) is 0 Å².